The van der Waals surface area contributed by atoms with Gasteiger partial charge in [0, 0.05) is 30.1 Å². The van der Waals surface area contributed by atoms with Gasteiger partial charge >= 0.3 is 0 Å². The topological polar surface area (TPSA) is 6.48 Å². The van der Waals surface area contributed by atoms with Gasteiger partial charge in [-0.3, -0.25) is 9.80 Å². The number of likely N-dealkylation sites (tertiary alicyclic amines) is 1. The Morgan fingerprint density at radius 3 is 1.97 bits per heavy atom. The molecule has 0 atom stereocenters. The van der Waals surface area contributed by atoms with E-state index < -0.39 is 0 Å². The van der Waals surface area contributed by atoms with Crippen LogP contribution in [-0.4, -0.2) is 35.5 Å². The molecule has 3 aromatic carbocycles. The third-order valence-corrected chi connectivity index (χ3v) is 6.68. The molecule has 0 bridgehead atoms. The molecule has 1 fully saturated rings. The summed E-state index contributed by atoms with van der Waals surface area (Å²) in [6.45, 7) is 5.58. The monoisotopic (exact) mass is 462 g/mol. The van der Waals surface area contributed by atoms with Gasteiger partial charge in [0.05, 0.1) is 0 Å². The van der Waals surface area contributed by atoms with Crippen molar-refractivity contribution >= 4 is 15.9 Å². The van der Waals surface area contributed by atoms with Crippen LogP contribution < -0.4 is 0 Å². The van der Waals surface area contributed by atoms with Crippen molar-refractivity contribution in [3.05, 3.63) is 106 Å². The van der Waals surface area contributed by atoms with E-state index in [1.165, 1.54) is 42.6 Å². The van der Waals surface area contributed by atoms with Crippen LogP contribution >= 0.6 is 15.9 Å². The van der Waals surface area contributed by atoms with Gasteiger partial charge in [0.25, 0.3) is 0 Å². The number of hydrogen-bond donors (Lipinski definition) is 0. The number of benzene rings is 3. The lowest BCUT2D eigenvalue weighted by molar-refractivity contribution is 0.0997. The van der Waals surface area contributed by atoms with Crippen molar-refractivity contribution in [2.75, 3.05) is 19.6 Å². The van der Waals surface area contributed by atoms with E-state index in [0.29, 0.717) is 6.04 Å². The molecule has 3 heteroatoms. The summed E-state index contributed by atoms with van der Waals surface area (Å²) in [5, 5.41) is 0. The van der Waals surface area contributed by atoms with Gasteiger partial charge in [-0.05, 0) is 61.2 Å². The van der Waals surface area contributed by atoms with Gasteiger partial charge in [-0.25, -0.2) is 0 Å². The van der Waals surface area contributed by atoms with Crippen molar-refractivity contribution in [3.8, 4) is 0 Å². The van der Waals surface area contributed by atoms with Crippen molar-refractivity contribution in [1.29, 1.82) is 0 Å². The first-order chi connectivity index (χ1) is 14.8. The van der Waals surface area contributed by atoms with Crippen LogP contribution in [0, 0.1) is 0 Å². The summed E-state index contributed by atoms with van der Waals surface area (Å²) in [6.07, 6.45) is 3.61. The van der Waals surface area contributed by atoms with Crippen LogP contribution in [0.4, 0.5) is 0 Å². The maximum absolute atomic E-state index is 3.53. The summed E-state index contributed by atoms with van der Waals surface area (Å²) in [5.41, 5.74) is 4.26. The second-order valence-corrected chi connectivity index (χ2v) is 9.24. The molecule has 156 valence electrons. The maximum Gasteiger partial charge on any atom is 0.0236 e. The summed E-state index contributed by atoms with van der Waals surface area (Å²) in [4.78, 5) is 5.33. The third-order valence-electron chi connectivity index (χ3n) is 6.15. The van der Waals surface area contributed by atoms with E-state index in [-0.39, 0.29) is 0 Å². The minimum atomic E-state index is 0.662. The molecule has 0 aromatic heterocycles. The first-order valence-corrected chi connectivity index (χ1v) is 11.8. The highest BCUT2D eigenvalue weighted by molar-refractivity contribution is 9.10. The standard InChI is InChI=1S/C27H31BrN2/c28-26-13-11-25(12-14-26)21-29-18-16-27(17-19-29)30(22-24-9-5-2-6-10-24)20-15-23-7-3-1-4-8-23/h1-14,27H,15-22H2. The number of nitrogens with zero attached hydrogens (tertiary/aromatic N) is 2. The first kappa shape index (κ1) is 21.3. The molecule has 0 radical (unpaired) electrons. The molecule has 0 amide bonds. The van der Waals surface area contributed by atoms with Crippen molar-refractivity contribution in [2.24, 2.45) is 0 Å². The van der Waals surface area contributed by atoms with Crippen LogP contribution in [0.1, 0.15) is 29.5 Å². The molecule has 1 aliphatic heterocycles. The number of rotatable bonds is 8. The van der Waals surface area contributed by atoms with E-state index in [1.54, 1.807) is 0 Å². The number of halogens is 1. The lowest BCUT2D eigenvalue weighted by atomic mass is 10.0. The minimum Gasteiger partial charge on any atom is -0.299 e. The maximum atomic E-state index is 3.53. The highest BCUT2D eigenvalue weighted by Crippen LogP contribution is 2.22. The summed E-state index contributed by atoms with van der Waals surface area (Å²) in [5.74, 6) is 0. The SMILES string of the molecule is Brc1ccc(CN2CCC(N(CCc3ccccc3)Cc3ccccc3)CC2)cc1. The molecule has 1 heterocycles. The molecule has 3 aromatic rings. The Kier molecular flexibility index (Phi) is 7.74. The average Bonchev–Trinajstić information content (AvgIpc) is 2.80. The van der Waals surface area contributed by atoms with Gasteiger partial charge in [-0.1, -0.05) is 88.7 Å². The van der Waals surface area contributed by atoms with Gasteiger partial charge in [-0.2, -0.15) is 0 Å². The smallest absolute Gasteiger partial charge is 0.0236 e. The predicted molar refractivity (Wildman–Crippen MR) is 129 cm³/mol. The Hall–Kier alpha value is -1.94. The molecule has 1 aliphatic rings. The molecular weight excluding hydrogens is 432 g/mol. The summed E-state index contributed by atoms with van der Waals surface area (Å²) < 4.78 is 1.15. The molecule has 4 rings (SSSR count). The largest absolute Gasteiger partial charge is 0.299 e. The van der Waals surface area contributed by atoms with Crippen molar-refractivity contribution in [2.45, 2.75) is 38.4 Å². The molecular formula is C27H31BrN2. The molecule has 0 N–H and O–H groups in total. The zero-order valence-corrected chi connectivity index (χ0v) is 19.2. The fourth-order valence-electron chi connectivity index (χ4n) is 4.42. The van der Waals surface area contributed by atoms with Gasteiger partial charge < -0.3 is 0 Å². The van der Waals surface area contributed by atoms with E-state index >= 15 is 0 Å². The zero-order valence-electron chi connectivity index (χ0n) is 17.6. The fourth-order valence-corrected chi connectivity index (χ4v) is 4.68. The van der Waals surface area contributed by atoms with Crippen molar-refractivity contribution in [1.82, 2.24) is 9.80 Å². The van der Waals surface area contributed by atoms with E-state index in [1.807, 2.05) is 0 Å². The highest BCUT2D eigenvalue weighted by Gasteiger charge is 2.24. The Balaban J connectivity index is 1.36. The molecule has 30 heavy (non-hydrogen) atoms. The Bertz CT molecular complexity index is 872. The van der Waals surface area contributed by atoms with Crippen LogP contribution in [0.2, 0.25) is 0 Å². The van der Waals surface area contributed by atoms with Crippen molar-refractivity contribution < 1.29 is 0 Å². The number of hydrogen-bond acceptors (Lipinski definition) is 2. The minimum absolute atomic E-state index is 0.662. The predicted octanol–water partition coefficient (Wildman–Crippen LogP) is 6.16. The Morgan fingerprint density at radius 1 is 0.733 bits per heavy atom. The van der Waals surface area contributed by atoms with Crippen LogP contribution in [-0.2, 0) is 19.5 Å². The van der Waals surface area contributed by atoms with Gasteiger partial charge in [0.2, 0.25) is 0 Å². The van der Waals surface area contributed by atoms with Gasteiger partial charge in [0.15, 0.2) is 0 Å². The van der Waals surface area contributed by atoms with E-state index in [0.717, 1.165) is 30.5 Å². The Morgan fingerprint density at radius 2 is 1.33 bits per heavy atom. The quantitative estimate of drug-likeness (QED) is 0.395. The van der Waals surface area contributed by atoms with E-state index in [2.05, 4.69) is 111 Å². The van der Waals surface area contributed by atoms with Crippen LogP contribution in [0.25, 0.3) is 0 Å². The molecule has 0 unspecified atom stereocenters. The number of piperidine rings is 1. The van der Waals surface area contributed by atoms with Gasteiger partial charge in [0.1, 0.15) is 0 Å². The molecule has 0 saturated carbocycles. The van der Waals surface area contributed by atoms with Gasteiger partial charge in [-0.15, -0.1) is 0 Å². The molecule has 0 spiro atoms. The highest BCUT2D eigenvalue weighted by atomic mass is 79.9. The normalized spacial score (nSPS) is 15.5. The van der Waals surface area contributed by atoms with Crippen molar-refractivity contribution in [3.63, 3.8) is 0 Å². The molecule has 1 saturated heterocycles. The zero-order chi connectivity index (χ0) is 20.6. The van der Waals surface area contributed by atoms with Crippen LogP contribution in [0.3, 0.4) is 0 Å². The fraction of sp³-hybridized carbons (Fsp3) is 0.333. The van der Waals surface area contributed by atoms with E-state index in [4.69, 9.17) is 0 Å². The Labute approximate surface area is 189 Å². The third kappa shape index (κ3) is 6.28. The second kappa shape index (κ2) is 10.9. The second-order valence-electron chi connectivity index (χ2n) is 8.33. The summed E-state index contributed by atoms with van der Waals surface area (Å²) >= 11 is 3.53. The lowest BCUT2D eigenvalue weighted by Crippen LogP contribution is -2.45. The lowest BCUT2D eigenvalue weighted by Gasteiger charge is -2.39. The van der Waals surface area contributed by atoms with Crippen LogP contribution in [0.15, 0.2) is 89.4 Å². The molecule has 0 aliphatic carbocycles. The average molecular weight is 463 g/mol. The van der Waals surface area contributed by atoms with E-state index in [9.17, 15) is 0 Å². The first-order valence-electron chi connectivity index (χ1n) is 11.0. The summed E-state index contributed by atoms with van der Waals surface area (Å²) in [7, 11) is 0. The summed E-state index contributed by atoms with van der Waals surface area (Å²) in [6, 6.07) is 31.3. The molecule has 2 nitrogen and oxygen atoms in total. The van der Waals surface area contributed by atoms with Crippen LogP contribution in [0.5, 0.6) is 0 Å².